The van der Waals surface area contributed by atoms with Crippen LogP contribution in [0.15, 0.2) is 17.3 Å². The van der Waals surface area contributed by atoms with Gasteiger partial charge in [-0.15, -0.1) is 0 Å². The number of guanidine groups is 1. The Bertz CT molecular complexity index is 866. The van der Waals surface area contributed by atoms with Gasteiger partial charge in [0.25, 0.3) is 5.72 Å². The van der Waals surface area contributed by atoms with Crippen LogP contribution in [0.1, 0.15) is 24.0 Å². The average Bonchev–Trinajstić information content (AvgIpc) is 2.67. The van der Waals surface area contributed by atoms with Gasteiger partial charge < -0.3 is 19.8 Å². The van der Waals surface area contributed by atoms with Crippen LogP contribution >= 0.6 is 7.82 Å². The van der Waals surface area contributed by atoms with Crippen molar-refractivity contribution in [2.75, 3.05) is 7.05 Å². The van der Waals surface area contributed by atoms with E-state index < -0.39 is 25.2 Å². The molecule has 1 aliphatic carbocycles. The molecule has 2 heterocycles. The van der Waals surface area contributed by atoms with E-state index in [0.29, 0.717) is 5.69 Å². The number of aromatic nitrogens is 2. The number of rotatable bonds is 2. The number of phosphoric ester groups is 1. The zero-order valence-corrected chi connectivity index (χ0v) is 14.4. The highest BCUT2D eigenvalue weighted by Gasteiger charge is 2.66. The lowest BCUT2D eigenvalue weighted by Crippen LogP contribution is -2.60. The van der Waals surface area contributed by atoms with E-state index in [9.17, 15) is 24.3 Å². The van der Waals surface area contributed by atoms with Crippen LogP contribution in [0.4, 0.5) is 0 Å². The van der Waals surface area contributed by atoms with Crippen LogP contribution in [0, 0.1) is 6.92 Å². The highest BCUT2D eigenvalue weighted by Crippen LogP contribution is 2.55. The van der Waals surface area contributed by atoms with Crippen LogP contribution in [0.2, 0.25) is 0 Å². The highest BCUT2D eigenvalue weighted by molar-refractivity contribution is 7.46. The van der Waals surface area contributed by atoms with Crippen molar-refractivity contribution in [3.63, 3.8) is 0 Å². The highest BCUT2D eigenvalue weighted by atomic mass is 31.2. The molecule has 0 aromatic carbocycles. The molecule has 4 N–H and O–H groups in total. The lowest BCUT2D eigenvalue weighted by Gasteiger charge is -2.43. The van der Waals surface area contributed by atoms with Gasteiger partial charge in [-0.3, -0.25) is 19.6 Å². The molecule has 12 heteroatoms. The zero-order chi connectivity index (χ0) is 18.6. The van der Waals surface area contributed by atoms with Crippen molar-refractivity contribution < 1.29 is 28.8 Å². The van der Waals surface area contributed by atoms with E-state index in [1.807, 2.05) is 0 Å². The Morgan fingerprint density at radius 1 is 1.44 bits per heavy atom. The molecule has 2 unspecified atom stereocenters. The molecule has 2 atom stereocenters. The number of carbonyl (C=O) groups is 1. The molecule has 0 spiro atoms. The number of likely N-dealkylation sites (N-methyl/N-ethyl adjacent to an activating group) is 1. The maximum Gasteiger partial charge on any atom is 0.472 e. The normalized spacial score (nSPS) is 27.6. The number of hydrogen-bond acceptors (Lipinski definition) is 8. The predicted octanol–water partition coefficient (Wildman–Crippen LogP) is -0.800. The molecule has 134 valence electrons. The van der Waals surface area contributed by atoms with Crippen molar-refractivity contribution in [3.8, 4) is 0 Å². The molecule has 0 fully saturated rings. The third kappa shape index (κ3) is 2.66. The predicted molar refractivity (Wildman–Crippen MR) is 84.6 cm³/mol. The van der Waals surface area contributed by atoms with Crippen molar-refractivity contribution in [2.24, 2.45) is 4.99 Å². The smallest absolute Gasteiger partial charge is 0.360 e. The van der Waals surface area contributed by atoms with Gasteiger partial charge in [0.05, 0.1) is 11.4 Å². The van der Waals surface area contributed by atoms with Crippen LogP contribution in [0.5, 0.6) is 0 Å². The van der Waals surface area contributed by atoms with Crippen molar-refractivity contribution >= 4 is 25.8 Å². The Kier molecular flexibility index (Phi) is 3.82. The molecule has 2 aliphatic rings. The topological polar surface area (TPSA) is 157 Å². The minimum Gasteiger partial charge on any atom is -0.360 e. The van der Waals surface area contributed by atoms with Gasteiger partial charge in [-0.05, 0) is 19.1 Å². The second-order valence-corrected chi connectivity index (χ2v) is 6.87. The van der Waals surface area contributed by atoms with Gasteiger partial charge in [-0.25, -0.2) is 14.5 Å². The molecule has 0 radical (unpaired) electrons. The average molecular weight is 369 g/mol. The molecule has 0 saturated carbocycles. The number of fused-ring (bicyclic) bond motifs is 3. The number of nitrogens with one attached hydrogen (secondary N) is 1. The maximum atomic E-state index is 11.6. The summed E-state index contributed by atoms with van der Waals surface area (Å²) in [6.45, 7) is 2.87. The molecular weight excluding hydrogens is 353 g/mol. The summed E-state index contributed by atoms with van der Waals surface area (Å²) in [5.41, 5.74) is -3.77. The summed E-state index contributed by atoms with van der Waals surface area (Å²) in [5, 5.41) is 13.6. The Balaban J connectivity index is 2.25. The van der Waals surface area contributed by atoms with Crippen molar-refractivity contribution in [1.82, 2.24) is 20.2 Å². The van der Waals surface area contributed by atoms with E-state index in [4.69, 9.17) is 4.52 Å². The van der Waals surface area contributed by atoms with E-state index in [-0.39, 0.29) is 17.3 Å². The molecule has 0 bridgehead atoms. The molecule has 0 saturated heterocycles. The van der Waals surface area contributed by atoms with Crippen molar-refractivity contribution in [2.45, 2.75) is 25.3 Å². The zero-order valence-electron chi connectivity index (χ0n) is 13.5. The number of nitrogens with zero attached hydrogens (tertiary/aromatic N) is 4. The lowest BCUT2D eigenvalue weighted by atomic mass is 9.89. The molecule has 1 aliphatic heterocycles. The lowest BCUT2D eigenvalue weighted by molar-refractivity contribution is -0.158. The number of aryl methyl sites for hydroxylation is 1. The van der Waals surface area contributed by atoms with E-state index in [1.54, 1.807) is 6.92 Å². The fraction of sp³-hybridized carbons (Fsp3) is 0.385. The molecule has 3 rings (SSSR count). The van der Waals surface area contributed by atoms with Gasteiger partial charge >= 0.3 is 7.82 Å². The standard InChI is InChI=1S/C13H16N5O6P/c1-7-6-14-9-4-5-12(24-25(21,22)23)13(20,10(9)15-7)17-11(18(12)3)16-8(2)19/h4-6,20H,1-3H3,(H,16,17,19)(H2,21,22,23). The molecule has 11 nitrogen and oxygen atoms in total. The number of aliphatic hydroxyl groups is 1. The molecule has 1 aromatic heterocycles. The SMILES string of the molecule is CC(=O)NC1=NC2(O)c3nc(C)cnc3C=CC2(OP(=O)(O)O)N1C. The van der Waals surface area contributed by atoms with Gasteiger partial charge in [-0.2, -0.15) is 0 Å². The van der Waals surface area contributed by atoms with Crippen LogP contribution in [0.25, 0.3) is 6.08 Å². The fourth-order valence-electron chi connectivity index (χ4n) is 2.81. The van der Waals surface area contributed by atoms with Crippen LogP contribution in [-0.4, -0.2) is 54.4 Å². The summed E-state index contributed by atoms with van der Waals surface area (Å²) in [6, 6.07) is 0. The first kappa shape index (κ1) is 17.6. The maximum absolute atomic E-state index is 11.6. The van der Waals surface area contributed by atoms with Gasteiger partial charge in [0.15, 0.2) is 0 Å². The Morgan fingerprint density at radius 3 is 2.72 bits per heavy atom. The first-order valence-electron chi connectivity index (χ1n) is 7.12. The quantitative estimate of drug-likeness (QED) is 0.490. The summed E-state index contributed by atoms with van der Waals surface area (Å²) < 4.78 is 16.5. The first-order chi connectivity index (χ1) is 11.5. The number of amides is 1. The van der Waals surface area contributed by atoms with E-state index in [2.05, 4.69) is 20.3 Å². The summed E-state index contributed by atoms with van der Waals surface area (Å²) in [6.07, 6.45) is 4.10. The van der Waals surface area contributed by atoms with E-state index >= 15 is 0 Å². The summed E-state index contributed by atoms with van der Waals surface area (Å²) in [4.78, 5) is 43.6. The summed E-state index contributed by atoms with van der Waals surface area (Å²) >= 11 is 0. The van der Waals surface area contributed by atoms with Gasteiger partial charge in [0.2, 0.25) is 17.6 Å². The largest absolute Gasteiger partial charge is 0.472 e. The Labute approximate surface area is 142 Å². The molecular formula is C13H16N5O6P. The minimum atomic E-state index is -5.07. The Morgan fingerprint density at radius 2 is 2.12 bits per heavy atom. The second kappa shape index (κ2) is 5.41. The third-order valence-electron chi connectivity index (χ3n) is 3.85. The molecule has 25 heavy (non-hydrogen) atoms. The summed E-state index contributed by atoms with van der Waals surface area (Å²) in [7, 11) is -3.70. The Hall–Kier alpha value is -2.17. The van der Waals surface area contributed by atoms with Crippen molar-refractivity contribution in [1.29, 1.82) is 0 Å². The van der Waals surface area contributed by atoms with Gasteiger partial charge in [0, 0.05) is 20.2 Å². The second-order valence-electron chi connectivity index (χ2n) is 5.70. The molecule has 1 aromatic rings. The van der Waals surface area contributed by atoms with Crippen LogP contribution < -0.4 is 5.32 Å². The van der Waals surface area contributed by atoms with E-state index in [1.165, 1.54) is 32.3 Å². The fourth-order valence-corrected chi connectivity index (χ4v) is 3.49. The van der Waals surface area contributed by atoms with Gasteiger partial charge in [-0.1, -0.05) is 0 Å². The van der Waals surface area contributed by atoms with Gasteiger partial charge in [0.1, 0.15) is 5.69 Å². The minimum absolute atomic E-state index is 0.0457. The monoisotopic (exact) mass is 369 g/mol. The molecule has 1 amide bonds. The number of hydrogen-bond donors (Lipinski definition) is 4. The van der Waals surface area contributed by atoms with E-state index in [0.717, 1.165) is 4.90 Å². The number of carbonyl (C=O) groups excluding carboxylic acids is 1. The number of phosphoric acid groups is 1. The van der Waals surface area contributed by atoms with Crippen molar-refractivity contribution in [3.05, 3.63) is 29.4 Å². The van der Waals surface area contributed by atoms with Crippen LogP contribution in [-0.2, 0) is 19.6 Å². The third-order valence-corrected chi connectivity index (χ3v) is 4.36. The van der Waals surface area contributed by atoms with Crippen LogP contribution in [0.3, 0.4) is 0 Å². The number of aliphatic imine (C=N–C) groups is 1. The summed E-state index contributed by atoms with van der Waals surface area (Å²) in [5.74, 6) is -0.622. The first-order valence-corrected chi connectivity index (χ1v) is 8.65.